The van der Waals surface area contributed by atoms with E-state index in [2.05, 4.69) is 0 Å². The molecular weight excluding hydrogens is 470 g/mol. The Balaban J connectivity index is 1.93. The molecule has 194 valence electrons. The number of nitrogens with zero attached hydrogens (tertiary/aromatic N) is 1. The molecule has 4 rings (SSSR count). The van der Waals surface area contributed by atoms with Crippen molar-refractivity contribution >= 4 is 23.4 Å². The highest BCUT2D eigenvalue weighted by atomic mass is 16.5. The van der Waals surface area contributed by atoms with Gasteiger partial charge in [-0.1, -0.05) is 42.5 Å². The fourth-order valence-corrected chi connectivity index (χ4v) is 5.69. The summed E-state index contributed by atoms with van der Waals surface area (Å²) in [5.41, 5.74) is 4.07. The van der Waals surface area contributed by atoms with Gasteiger partial charge in [0, 0.05) is 23.2 Å². The highest BCUT2D eigenvalue weighted by Crippen LogP contribution is 2.50. The molecule has 2 aliphatic rings. The zero-order chi connectivity index (χ0) is 26.7. The van der Waals surface area contributed by atoms with Crippen molar-refractivity contribution in [3.05, 3.63) is 76.5 Å². The van der Waals surface area contributed by atoms with Gasteiger partial charge in [0.15, 0.2) is 5.78 Å². The summed E-state index contributed by atoms with van der Waals surface area (Å²) in [6.45, 7) is 7.55. The van der Waals surface area contributed by atoms with Gasteiger partial charge in [0.2, 0.25) is 0 Å². The van der Waals surface area contributed by atoms with E-state index in [1.54, 1.807) is 27.9 Å². The lowest BCUT2D eigenvalue weighted by molar-refractivity contribution is -0.153. The first kappa shape index (κ1) is 26.3. The molecule has 1 aliphatic carbocycles. The predicted molar refractivity (Wildman–Crippen MR) is 140 cm³/mol. The van der Waals surface area contributed by atoms with Crippen LogP contribution in [0.3, 0.4) is 0 Å². The minimum atomic E-state index is -1.06. The summed E-state index contributed by atoms with van der Waals surface area (Å²) in [5, 5.41) is 0. The number of aryl methyl sites for hydroxylation is 1. The molecule has 0 aromatic heterocycles. The van der Waals surface area contributed by atoms with E-state index >= 15 is 0 Å². The Labute approximate surface area is 217 Å². The molecule has 1 unspecified atom stereocenters. The van der Waals surface area contributed by atoms with Gasteiger partial charge in [-0.2, -0.15) is 0 Å². The Kier molecular flexibility index (Phi) is 7.91. The maximum absolute atomic E-state index is 14.4. The number of ether oxygens (including phenoxy) is 3. The van der Waals surface area contributed by atoms with E-state index < -0.39 is 35.6 Å². The van der Waals surface area contributed by atoms with Crippen LogP contribution in [0.5, 0.6) is 5.75 Å². The second-order valence-corrected chi connectivity index (χ2v) is 9.32. The van der Waals surface area contributed by atoms with Crippen LogP contribution < -0.4 is 4.74 Å². The van der Waals surface area contributed by atoms with Crippen molar-refractivity contribution < 1.29 is 28.6 Å². The molecule has 7 heteroatoms. The van der Waals surface area contributed by atoms with E-state index in [0.717, 1.165) is 16.7 Å². The summed E-state index contributed by atoms with van der Waals surface area (Å²) in [5.74, 6) is -3.75. The van der Waals surface area contributed by atoms with Crippen molar-refractivity contribution in [2.24, 2.45) is 16.8 Å². The topological polar surface area (TPSA) is 91.3 Å². The highest BCUT2D eigenvalue weighted by molar-refractivity contribution is 6.18. The standard InChI is InChI=1S/C30H33NO6/c1-6-36-29(33)24-18(4)31-22-16-21(20-14-10-11-15-23(20)35-5)26(30(34)37-7-2)28(32)27(22)25(24)19-13-9-8-12-17(19)3/h8-15,21,25-27H,6-7,16H2,1-5H3/t21-,25+,26-,27?/m0/s1. The van der Waals surface area contributed by atoms with E-state index in [4.69, 9.17) is 19.2 Å². The van der Waals surface area contributed by atoms with E-state index in [-0.39, 0.29) is 19.0 Å². The van der Waals surface area contributed by atoms with Crippen molar-refractivity contribution in [2.45, 2.75) is 46.0 Å². The minimum absolute atomic E-state index is 0.154. The quantitative estimate of drug-likeness (QED) is 0.393. The monoisotopic (exact) mass is 503 g/mol. The normalized spacial score (nSPS) is 23.2. The van der Waals surface area contributed by atoms with Crippen molar-refractivity contribution in [1.29, 1.82) is 0 Å². The number of hydrogen-bond acceptors (Lipinski definition) is 7. The average Bonchev–Trinajstić information content (AvgIpc) is 2.88. The smallest absolute Gasteiger partial charge is 0.336 e. The molecule has 0 radical (unpaired) electrons. The third kappa shape index (κ3) is 4.82. The number of aliphatic imine (C=N–C) groups is 1. The largest absolute Gasteiger partial charge is 0.496 e. The van der Waals surface area contributed by atoms with Gasteiger partial charge in [-0.25, -0.2) is 4.79 Å². The summed E-state index contributed by atoms with van der Waals surface area (Å²) in [7, 11) is 1.57. The third-order valence-electron chi connectivity index (χ3n) is 7.25. The van der Waals surface area contributed by atoms with Crippen LogP contribution in [0.4, 0.5) is 0 Å². The number of allylic oxidation sites excluding steroid dienone is 1. The maximum Gasteiger partial charge on any atom is 0.336 e. The molecular formula is C30H33NO6. The number of methoxy groups -OCH3 is 1. The van der Waals surface area contributed by atoms with E-state index in [9.17, 15) is 14.4 Å². The van der Waals surface area contributed by atoms with Gasteiger partial charge in [0.25, 0.3) is 0 Å². The molecule has 1 saturated carbocycles. The molecule has 2 aromatic rings. The van der Waals surface area contributed by atoms with E-state index in [1.165, 1.54) is 0 Å². The highest BCUT2D eigenvalue weighted by Gasteiger charge is 2.53. The number of carbonyl (C=O) groups excluding carboxylic acids is 3. The summed E-state index contributed by atoms with van der Waals surface area (Å²) in [4.78, 5) is 45.7. The van der Waals surface area contributed by atoms with Crippen LogP contribution in [0.2, 0.25) is 0 Å². The summed E-state index contributed by atoms with van der Waals surface area (Å²) in [6, 6.07) is 15.1. The van der Waals surface area contributed by atoms with E-state index in [0.29, 0.717) is 29.2 Å². The molecule has 0 bridgehead atoms. The Morgan fingerprint density at radius 3 is 2.22 bits per heavy atom. The number of Topliss-reactive ketones (excluding diaryl/α,β-unsaturated/α-hetero) is 1. The Morgan fingerprint density at radius 2 is 1.57 bits per heavy atom. The number of fused-ring (bicyclic) bond motifs is 1. The summed E-state index contributed by atoms with van der Waals surface area (Å²) in [6.07, 6.45) is 0.357. The average molecular weight is 504 g/mol. The molecule has 1 heterocycles. The number of hydrogen-bond donors (Lipinski definition) is 0. The number of esters is 2. The van der Waals surface area contributed by atoms with Gasteiger partial charge in [-0.15, -0.1) is 0 Å². The van der Waals surface area contributed by atoms with Gasteiger partial charge < -0.3 is 14.2 Å². The number of ketones is 1. The first-order chi connectivity index (χ1) is 17.8. The Morgan fingerprint density at radius 1 is 0.919 bits per heavy atom. The van der Waals surface area contributed by atoms with Crippen LogP contribution >= 0.6 is 0 Å². The fourth-order valence-electron chi connectivity index (χ4n) is 5.69. The lowest BCUT2D eigenvalue weighted by Crippen LogP contribution is -2.49. The molecule has 0 amide bonds. The van der Waals surface area contributed by atoms with Crippen LogP contribution in [-0.4, -0.2) is 43.8 Å². The zero-order valence-corrected chi connectivity index (χ0v) is 21.9. The predicted octanol–water partition coefficient (Wildman–Crippen LogP) is 4.93. The second-order valence-electron chi connectivity index (χ2n) is 9.32. The molecule has 7 nitrogen and oxygen atoms in total. The first-order valence-corrected chi connectivity index (χ1v) is 12.7. The van der Waals surface area contributed by atoms with Crippen molar-refractivity contribution in [2.75, 3.05) is 20.3 Å². The maximum atomic E-state index is 14.4. The van der Waals surface area contributed by atoms with Crippen molar-refractivity contribution in [3.63, 3.8) is 0 Å². The van der Waals surface area contributed by atoms with Crippen LogP contribution in [0.1, 0.15) is 55.7 Å². The fraction of sp³-hybridized carbons (Fsp3) is 0.400. The summed E-state index contributed by atoms with van der Waals surface area (Å²) >= 11 is 0. The molecule has 4 atom stereocenters. The third-order valence-corrected chi connectivity index (χ3v) is 7.25. The lowest BCUT2D eigenvalue weighted by atomic mass is 9.61. The van der Waals surface area contributed by atoms with Gasteiger partial charge >= 0.3 is 11.9 Å². The van der Waals surface area contributed by atoms with Gasteiger partial charge in [-0.05, 0) is 56.9 Å². The van der Waals surface area contributed by atoms with Crippen LogP contribution in [0, 0.1) is 18.8 Å². The zero-order valence-electron chi connectivity index (χ0n) is 21.9. The van der Waals surface area contributed by atoms with E-state index in [1.807, 2.05) is 55.5 Å². The molecule has 0 N–H and O–H groups in total. The first-order valence-electron chi connectivity index (χ1n) is 12.7. The molecule has 1 fully saturated rings. The molecule has 0 saturated heterocycles. The van der Waals surface area contributed by atoms with Crippen molar-refractivity contribution in [3.8, 4) is 5.75 Å². The van der Waals surface area contributed by atoms with Gasteiger partial charge in [-0.3, -0.25) is 14.6 Å². The molecule has 37 heavy (non-hydrogen) atoms. The SMILES string of the molecule is CCOC(=O)C1=C(C)N=C2C[C@@H](c3ccccc3OC)[C@H](C(=O)OCC)C(=O)C2[C@@H]1c1ccccc1C. The van der Waals surface area contributed by atoms with Crippen LogP contribution in [-0.2, 0) is 23.9 Å². The number of carbonyl (C=O) groups is 3. The second kappa shape index (κ2) is 11.1. The summed E-state index contributed by atoms with van der Waals surface area (Å²) < 4.78 is 16.4. The van der Waals surface area contributed by atoms with Gasteiger partial charge in [0.1, 0.15) is 11.7 Å². The number of rotatable bonds is 7. The molecule has 2 aromatic carbocycles. The van der Waals surface area contributed by atoms with Gasteiger partial charge in [0.05, 0.1) is 31.8 Å². The number of benzene rings is 2. The lowest BCUT2D eigenvalue weighted by Gasteiger charge is -2.41. The minimum Gasteiger partial charge on any atom is -0.496 e. The molecule has 1 aliphatic heterocycles. The van der Waals surface area contributed by atoms with Crippen LogP contribution in [0.25, 0.3) is 0 Å². The number of para-hydroxylation sites is 1. The van der Waals surface area contributed by atoms with Crippen molar-refractivity contribution in [1.82, 2.24) is 0 Å². The molecule has 0 spiro atoms. The van der Waals surface area contributed by atoms with Crippen LogP contribution in [0.15, 0.2) is 64.8 Å². The Bertz CT molecular complexity index is 1280. The Hall–Kier alpha value is -3.74.